The highest BCUT2D eigenvalue weighted by Gasteiger charge is 2.27. The molecule has 0 aliphatic heterocycles. The Labute approximate surface area is 198 Å². The Morgan fingerprint density at radius 1 is 1.34 bits per heavy atom. The van der Waals surface area contributed by atoms with Crippen molar-refractivity contribution in [3.8, 4) is 5.75 Å². The van der Waals surface area contributed by atoms with Crippen molar-refractivity contribution in [2.45, 2.75) is 43.2 Å². The fraction of sp³-hybridized carbons (Fsp3) is 0.333. The summed E-state index contributed by atoms with van der Waals surface area (Å²) < 4.78 is 7.51. The molecule has 0 saturated carbocycles. The largest absolute Gasteiger partial charge is 0.484 e. The average molecular weight is 492 g/mol. The first-order chi connectivity index (χ1) is 15.3. The summed E-state index contributed by atoms with van der Waals surface area (Å²) >= 11 is 8.83. The van der Waals surface area contributed by atoms with Crippen LogP contribution in [0, 0.1) is 0 Å². The third-order valence-electron chi connectivity index (χ3n) is 5.17. The van der Waals surface area contributed by atoms with Gasteiger partial charge >= 0.3 is 0 Å². The van der Waals surface area contributed by atoms with Gasteiger partial charge in [-0.25, -0.2) is 0 Å². The van der Waals surface area contributed by atoms with Crippen molar-refractivity contribution in [1.82, 2.24) is 14.8 Å². The molecule has 4 rings (SSSR count). The molecule has 3 N–H and O–H groups in total. The number of aromatic nitrogens is 3. The third kappa shape index (κ3) is 4.62. The quantitative estimate of drug-likeness (QED) is 0.463. The van der Waals surface area contributed by atoms with E-state index in [4.69, 9.17) is 22.1 Å². The first kappa shape index (κ1) is 22.6. The molecule has 0 saturated heterocycles. The van der Waals surface area contributed by atoms with Gasteiger partial charge in [0.2, 0.25) is 5.91 Å². The lowest BCUT2D eigenvalue weighted by atomic mass is 10.1. The molecular weight excluding hydrogens is 470 g/mol. The number of nitrogens with one attached hydrogen (secondary N) is 1. The Morgan fingerprint density at radius 2 is 2.12 bits per heavy atom. The first-order valence-corrected chi connectivity index (χ1v) is 12.1. The summed E-state index contributed by atoms with van der Waals surface area (Å²) in [7, 11) is 1.81. The van der Waals surface area contributed by atoms with E-state index in [1.54, 1.807) is 23.6 Å². The number of primary amides is 1. The number of aryl methyl sites for hydroxylation is 1. The summed E-state index contributed by atoms with van der Waals surface area (Å²) in [5.41, 5.74) is 7.01. The molecule has 0 fully saturated rings. The minimum absolute atomic E-state index is 0.192. The number of hydrogen-bond acceptors (Lipinski definition) is 7. The van der Waals surface area contributed by atoms with Crippen molar-refractivity contribution in [1.29, 1.82) is 0 Å². The molecular formula is C21H22ClN5O3S2. The van der Waals surface area contributed by atoms with E-state index in [1.165, 1.54) is 23.1 Å². The zero-order chi connectivity index (χ0) is 22.8. The first-order valence-electron chi connectivity index (χ1n) is 10.0. The molecule has 8 nitrogen and oxygen atoms in total. The third-order valence-corrected chi connectivity index (χ3v) is 7.83. The van der Waals surface area contributed by atoms with Crippen molar-refractivity contribution in [3.63, 3.8) is 0 Å². The minimum Gasteiger partial charge on any atom is -0.484 e. The Morgan fingerprint density at radius 3 is 2.88 bits per heavy atom. The maximum Gasteiger partial charge on any atom is 0.251 e. The van der Waals surface area contributed by atoms with E-state index in [1.807, 2.05) is 19.2 Å². The second kappa shape index (κ2) is 9.51. The predicted octanol–water partition coefficient (Wildman–Crippen LogP) is 3.82. The second-order valence-corrected chi connectivity index (χ2v) is 10.2. The Bertz CT molecular complexity index is 1180. The van der Waals surface area contributed by atoms with E-state index in [0.29, 0.717) is 32.3 Å². The standard InChI is InChI=1S/C21H22ClN5O3S2/c1-11(19(29)24-20-17(18(23)28)12-6-5-9-15(12)32-20)31-21-26-25-16(27(21)2)10-30-14-8-4-3-7-13(14)22/h3-4,7-8,11H,5-6,9-10H2,1-2H3,(H2,23,28)(H,24,29)/t11-/m1/s1. The van der Waals surface area contributed by atoms with Crippen LogP contribution in [-0.4, -0.2) is 31.8 Å². The number of nitrogens with zero attached hydrogens (tertiary/aromatic N) is 3. The molecule has 1 aliphatic carbocycles. The Kier molecular flexibility index (Phi) is 6.73. The molecule has 1 aliphatic rings. The Balaban J connectivity index is 1.40. The zero-order valence-electron chi connectivity index (χ0n) is 17.6. The van der Waals surface area contributed by atoms with Crippen LogP contribution in [-0.2, 0) is 31.3 Å². The molecule has 2 amide bonds. The summed E-state index contributed by atoms with van der Waals surface area (Å²) in [6, 6.07) is 7.20. The highest BCUT2D eigenvalue weighted by molar-refractivity contribution is 8.00. The van der Waals surface area contributed by atoms with Crippen LogP contribution in [0.1, 0.15) is 40.0 Å². The summed E-state index contributed by atoms with van der Waals surface area (Å²) in [6.45, 7) is 1.97. The number of thiophene rings is 1. The number of para-hydroxylation sites is 1. The number of thioether (sulfide) groups is 1. The summed E-state index contributed by atoms with van der Waals surface area (Å²) in [6.07, 6.45) is 2.75. The van der Waals surface area contributed by atoms with Gasteiger partial charge in [0.1, 0.15) is 17.4 Å². The fourth-order valence-electron chi connectivity index (χ4n) is 3.46. The van der Waals surface area contributed by atoms with Crippen molar-refractivity contribution in [2.75, 3.05) is 5.32 Å². The summed E-state index contributed by atoms with van der Waals surface area (Å²) in [4.78, 5) is 25.9. The number of amides is 2. The number of ether oxygens (including phenoxy) is 1. The van der Waals surface area contributed by atoms with Gasteiger partial charge in [-0.15, -0.1) is 21.5 Å². The van der Waals surface area contributed by atoms with Gasteiger partial charge in [-0.2, -0.15) is 0 Å². The van der Waals surface area contributed by atoms with Crippen molar-refractivity contribution < 1.29 is 14.3 Å². The number of carbonyl (C=O) groups is 2. The smallest absolute Gasteiger partial charge is 0.251 e. The van der Waals surface area contributed by atoms with Gasteiger partial charge in [-0.05, 0) is 43.9 Å². The molecule has 1 aromatic carbocycles. The predicted molar refractivity (Wildman–Crippen MR) is 126 cm³/mol. The van der Waals surface area contributed by atoms with E-state index in [9.17, 15) is 9.59 Å². The fourth-order valence-corrected chi connectivity index (χ4v) is 5.78. The molecule has 11 heteroatoms. The van der Waals surface area contributed by atoms with Crippen LogP contribution in [0.3, 0.4) is 0 Å². The van der Waals surface area contributed by atoms with E-state index >= 15 is 0 Å². The number of hydrogen-bond donors (Lipinski definition) is 2. The van der Waals surface area contributed by atoms with Gasteiger partial charge in [0, 0.05) is 11.9 Å². The summed E-state index contributed by atoms with van der Waals surface area (Å²) in [5, 5.41) is 12.4. The van der Waals surface area contributed by atoms with Gasteiger partial charge < -0.3 is 20.4 Å². The van der Waals surface area contributed by atoms with Gasteiger partial charge in [-0.3, -0.25) is 9.59 Å². The van der Waals surface area contributed by atoms with Crippen molar-refractivity contribution in [3.05, 3.63) is 51.1 Å². The number of halogens is 1. The molecule has 0 unspecified atom stereocenters. The number of nitrogens with two attached hydrogens (primary N) is 1. The van der Waals surface area contributed by atoms with Gasteiger partial charge in [0.25, 0.3) is 5.91 Å². The normalized spacial score (nSPS) is 13.6. The van der Waals surface area contributed by atoms with E-state index in [2.05, 4.69) is 15.5 Å². The average Bonchev–Trinajstić information content (AvgIpc) is 3.43. The maximum absolute atomic E-state index is 12.8. The van der Waals surface area contributed by atoms with E-state index in [0.717, 1.165) is 29.7 Å². The summed E-state index contributed by atoms with van der Waals surface area (Å²) in [5.74, 6) is 0.434. The van der Waals surface area contributed by atoms with Crippen LogP contribution in [0.4, 0.5) is 5.00 Å². The molecule has 0 bridgehead atoms. The number of fused-ring (bicyclic) bond motifs is 1. The molecule has 2 aromatic heterocycles. The monoisotopic (exact) mass is 491 g/mol. The number of benzene rings is 1. The lowest BCUT2D eigenvalue weighted by Crippen LogP contribution is -2.24. The number of carbonyl (C=O) groups excluding carboxylic acids is 2. The number of rotatable bonds is 8. The lowest BCUT2D eigenvalue weighted by molar-refractivity contribution is -0.115. The van der Waals surface area contributed by atoms with Crippen LogP contribution < -0.4 is 15.8 Å². The van der Waals surface area contributed by atoms with Crippen molar-refractivity contribution in [2.24, 2.45) is 12.8 Å². The molecule has 2 heterocycles. The Hall–Kier alpha value is -2.56. The molecule has 3 aromatic rings. The SMILES string of the molecule is C[C@@H](Sc1nnc(COc2ccccc2Cl)n1C)C(=O)Nc1sc2c(c1C(N)=O)CCC2. The molecule has 168 valence electrons. The topological polar surface area (TPSA) is 112 Å². The lowest BCUT2D eigenvalue weighted by Gasteiger charge is -2.12. The van der Waals surface area contributed by atoms with Crippen LogP contribution in [0.25, 0.3) is 0 Å². The van der Waals surface area contributed by atoms with Crippen LogP contribution in [0.5, 0.6) is 5.75 Å². The van der Waals surface area contributed by atoms with Crippen LogP contribution in [0.15, 0.2) is 29.4 Å². The minimum atomic E-state index is -0.503. The van der Waals surface area contributed by atoms with Crippen LogP contribution in [0.2, 0.25) is 5.02 Å². The van der Waals surface area contributed by atoms with Gasteiger partial charge in [0.15, 0.2) is 11.0 Å². The molecule has 0 spiro atoms. The van der Waals surface area contributed by atoms with Crippen molar-refractivity contribution >= 4 is 51.5 Å². The molecule has 0 radical (unpaired) electrons. The second-order valence-electron chi connectivity index (χ2n) is 7.35. The highest BCUT2D eigenvalue weighted by Crippen LogP contribution is 2.39. The van der Waals surface area contributed by atoms with Gasteiger partial charge in [-0.1, -0.05) is 35.5 Å². The number of anilines is 1. The zero-order valence-corrected chi connectivity index (χ0v) is 19.9. The highest BCUT2D eigenvalue weighted by atomic mass is 35.5. The van der Waals surface area contributed by atoms with Gasteiger partial charge in [0.05, 0.1) is 15.8 Å². The van der Waals surface area contributed by atoms with Crippen LogP contribution >= 0.6 is 34.7 Å². The molecule has 1 atom stereocenters. The van der Waals surface area contributed by atoms with E-state index in [-0.39, 0.29) is 12.5 Å². The molecule has 32 heavy (non-hydrogen) atoms. The maximum atomic E-state index is 12.8. The van der Waals surface area contributed by atoms with E-state index < -0.39 is 11.2 Å².